The molecular weight excluding hydrogens is 339 g/mol. The number of halogens is 1. The summed E-state index contributed by atoms with van der Waals surface area (Å²) >= 11 is 1.09. The zero-order valence-electron chi connectivity index (χ0n) is 14.3. The van der Waals surface area contributed by atoms with Crippen molar-refractivity contribution >= 4 is 33.2 Å². The van der Waals surface area contributed by atoms with Crippen LogP contribution in [0.4, 0.5) is 10.1 Å². The van der Waals surface area contributed by atoms with Crippen molar-refractivity contribution in [3.8, 4) is 0 Å². The third kappa shape index (κ3) is 3.79. The first-order chi connectivity index (χ1) is 11.7. The number of carbonyl (C=O) groups excluding carboxylic acids is 1. The van der Waals surface area contributed by atoms with E-state index in [1.54, 1.807) is 0 Å². The summed E-state index contributed by atoms with van der Waals surface area (Å²) in [6.07, 6.45) is 0. The van der Waals surface area contributed by atoms with E-state index in [1.807, 2.05) is 24.3 Å². The van der Waals surface area contributed by atoms with Gasteiger partial charge in [0.05, 0.1) is 10.1 Å². The molecule has 3 aromatic rings. The highest BCUT2D eigenvalue weighted by Gasteiger charge is 2.14. The number of nitrogens with one attached hydrogen (secondary N) is 1. The summed E-state index contributed by atoms with van der Waals surface area (Å²) in [7, 11) is 0. The van der Waals surface area contributed by atoms with E-state index < -0.39 is 5.82 Å². The number of fused-ring (bicyclic) bond motifs is 1. The summed E-state index contributed by atoms with van der Waals surface area (Å²) < 4.78 is 15.1. The zero-order valence-corrected chi connectivity index (χ0v) is 15.1. The van der Waals surface area contributed by atoms with Gasteiger partial charge in [0.1, 0.15) is 12.4 Å². The van der Waals surface area contributed by atoms with Gasteiger partial charge in [0.25, 0.3) is 5.56 Å². The standard InChI is InChI=1S/C19H19FN2O2S/c1-19(2,3)12-4-7-14(8-5-12)21-17(23)11-22-18(24)15-9-6-13(20)10-16(15)25-22/h4-10H,11H2,1-3H3,(H,21,23). The van der Waals surface area contributed by atoms with Crippen LogP contribution in [0.1, 0.15) is 26.3 Å². The summed E-state index contributed by atoms with van der Waals surface area (Å²) in [5.41, 5.74) is 1.62. The highest BCUT2D eigenvalue weighted by Crippen LogP contribution is 2.23. The van der Waals surface area contributed by atoms with E-state index >= 15 is 0 Å². The molecule has 0 saturated carbocycles. The van der Waals surface area contributed by atoms with Gasteiger partial charge in [0.2, 0.25) is 5.91 Å². The third-order valence-electron chi connectivity index (χ3n) is 3.93. The monoisotopic (exact) mass is 358 g/mol. The van der Waals surface area contributed by atoms with E-state index in [0.717, 1.165) is 11.5 Å². The molecule has 0 saturated heterocycles. The molecule has 1 N–H and O–H groups in total. The summed E-state index contributed by atoms with van der Waals surface area (Å²) in [6.45, 7) is 6.27. The van der Waals surface area contributed by atoms with Gasteiger partial charge in [-0.25, -0.2) is 4.39 Å². The molecule has 25 heavy (non-hydrogen) atoms. The van der Waals surface area contributed by atoms with Crippen molar-refractivity contribution in [3.63, 3.8) is 0 Å². The predicted molar refractivity (Wildman–Crippen MR) is 99.8 cm³/mol. The first-order valence-corrected chi connectivity index (χ1v) is 8.71. The number of anilines is 1. The fourth-order valence-corrected chi connectivity index (χ4v) is 3.55. The molecule has 0 bridgehead atoms. The van der Waals surface area contributed by atoms with Crippen LogP contribution in [-0.4, -0.2) is 9.86 Å². The van der Waals surface area contributed by atoms with E-state index in [2.05, 4.69) is 26.1 Å². The van der Waals surface area contributed by atoms with E-state index in [4.69, 9.17) is 0 Å². The minimum atomic E-state index is -0.399. The number of amides is 1. The van der Waals surface area contributed by atoms with Crippen LogP contribution in [-0.2, 0) is 16.8 Å². The minimum absolute atomic E-state index is 0.0438. The second kappa shape index (κ2) is 6.44. The highest BCUT2D eigenvalue weighted by molar-refractivity contribution is 7.13. The Kier molecular flexibility index (Phi) is 4.47. The first-order valence-electron chi connectivity index (χ1n) is 7.94. The summed E-state index contributed by atoms with van der Waals surface area (Å²) in [5, 5.41) is 3.21. The zero-order chi connectivity index (χ0) is 18.2. The molecule has 1 amide bonds. The van der Waals surface area contributed by atoms with Gasteiger partial charge in [-0.1, -0.05) is 44.4 Å². The highest BCUT2D eigenvalue weighted by atomic mass is 32.1. The number of carbonyl (C=O) groups is 1. The Bertz CT molecular complexity index is 981. The quantitative estimate of drug-likeness (QED) is 0.765. The predicted octanol–water partition coefficient (Wildman–Crippen LogP) is 4.14. The first kappa shape index (κ1) is 17.4. The topological polar surface area (TPSA) is 51.1 Å². The van der Waals surface area contributed by atoms with Crippen LogP contribution < -0.4 is 10.9 Å². The van der Waals surface area contributed by atoms with Crippen molar-refractivity contribution < 1.29 is 9.18 Å². The molecule has 0 aliphatic heterocycles. The van der Waals surface area contributed by atoms with Crippen molar-refractivity contribution in [1.82, 2.24) is 3.96 Å². The second-order valence-electron chi connectivity index (χ2n) is 6.95. The largest absolute Gasteiger partial charge is 0.325 e. The molecule has 0 radical (unpaired) electrons. The Balaban J connectivity index is 1.75. The SMILES string of the molecule is CC(C)(C)c1ccc(NC(=O)Cn2sc3cc(F)ccc3c2=O)cc1. The lowest BCUT2D eigenvalue weighted by molar-refractivity contribution is -0.116. The van der Waals surface area contributed by atoms with Gasteiger partial charge in [-0.2, -0.15) is 0 Å². The molecule has 0 aliphatic carbocycles. The van der Waals surface area contributed by atoms with Gasteiger partial charge in [0.15, 0.2) is 0 Å². The van der Waals surface area contributed by atoms with Crippen molar-refractivity contribution in [2.75, 3.05) is 5.32 Å². The van der Waals surface area contributed by atoms with Crippen molar-refractivity contribution in [3.05, 3.63) is 64.2 Å². The smallest absolute Gasteiger partial charge is 0.269 e. The lowest BCUT2D eigenvalue weighted by atomic mass is 9.87. The van der Waals surface area contributed by atoms with Gasteiger partial charge in [-0.05, 0) is 41.3 Å². The molecule has 0 aliphatic rings. The molecule has 1 heterocycles. The van der Waals surface area contributed by atoms with Crippen LogP contribution in [0.25, 0.3) is 10.1 Å². The van der Waals surface area contributed by atoms with Crippen LogP contribution in [0.15, 0.2) is 47.3 Å². The van der Waals surface area contributed by atoms with Gasteiger partial charge in [-0.15, -0.1) is 0 Å². The fraction of sp³-hybridized carbons (Fsp3) is 0.263. The van der Waals surface area contributed by atoms with Gasteiger partial charge >= 0.3 is 0 Å². The molecule has 6 heteroatoms. The summed E-state index contributed by atoms with van der Waals surface area (Å²) in [6, 6.07) is 11.7. The maximum absolute atomic E-state index is 13.3. The normalized spacial score (nSPS) is 11.7. The number of rotatable bonds is 3. The fourth-order valence-electron chi connectivity index (χ4n) is 2.53. The Morgan fingerprint density at radius 1 is 1.16 bits per heavy atom. The van der Waals surface area contributed by atoms with Gasteiger partial charge in [0, 0.05) is 5.69 Å². The van der Waals surface area contributed by atoms with Crippen molar-refractivity contribution in [2.24, 2.45) is 0 Å². The molecule has 4 nitrogen and oxygen atoms in total. The molecule has 0 unspecified atom stereocenters. The lowest BCUT2D eigenvalue weighted by Crippen LogP contribution is -2.23. The molecule has 0 fully saturated rings. The van der Waals surface area contributed by atoms with Crippen LogP contribution >= 0.6 is 11.5 Å². The van der Waals surface area contributed by atoms with Crippen LogP contribution in [0, 0.1) is 5.82 Å². The Morgan fingerprint density at radius 2 is 1.84 bits per heavy atom. The number of benzene rings is 2. The third-order valence-corrected chi connectivity index (χ3v) is 4.98. The number of nitrogens with zero attached hydrogens (tertiary/aromatic N) is 1. The van der Waals surface area contributed by atoms with Gasteiger partial charge in [-0.3, -0.25) is 13.5 Å². The molecule has 1 aromatic heterocycles. The molecule has 0 atom stereocenters. The maximum atomic E-state index is 13.3. The van der Waals surface area contributed by atoms with Crippen molar-refractivity contribution in [2.45, 2.75) is 32.7 Å². The Labute approximate surface area is 149 Å². The number of aromatic nitrogens is 1. The van der Waals surface area contributed by atoms with E-state index in [1.165, 1.54) is 27.7 Å². The van der Waals surface area contributed by atoms with Crippen molar-refractivity contribution in [1.29, 1.82) is 0 Å². The van der Waals surface area contributed by atoms with Crippen LogP contribution in [0.3, 0.4) is 0 Å². The molecular formula is C19H19FN2O2S. The summed E-state index contributed by atoms with van der Waals surface area (Å²) in [5.74, 6) is -0.693. The Hall–Kier alpha value is -2.47. The Morgan fingerprint density at radius 3 is 2.48 bits per heavy atom. The van der Waals surface area contributed by atoms with E-state index in [9.17, 15) is 14.0 Å². The molecule has 130 valence electrons. The second-order valence-corrected chi connectivity index (χ2v) is 8.01. The van der Waals surface area contributed by atoms with Gasteiger partial charge < -0.3 is 5.32 Å². The number of hydrogen-bond donors (Lipinski definition) is 1. The molecule has 3 rings (SSSR count). The lowest BCUT2D eigenvalue weighted by Gasteiger charge is -2.19. The summed E-state index contributed by atoms with van der Waals surface area (Å²) in [4.78, 5) is 24.5. The average molecular weight is 358 g/mol. The average Bonchev–Trinajstić information content (AvgIpc) is 2.82. The van der Waals surface area contributed by atoms with E-state index in [-0.39, 0.29) is 23.4 Å². The molecule has 2 aromatic carbocycles. The maximum Gasteiger partial charge on any atom is 0.269 e. The van der Waals surface area contributed by atoms with Crippen LogP contribution in [0.2, 0.25) is 0 Å². The number of hydrogen-bond acceptors (Lipinski definition) is 3. The molecule has 0 spiro atoms. The van der Waals surface area contributed by atoms with Crippen LogP contribution in [0.5, 0.6) is 0 Å². The van der Waals surface area contributed by atoms with E-state index in [0.29, 0.717) is 15.8 Å². The minimum Gasteiger partial charge on any atom is -0.325 e.